The van der Waals surface area contributed by atoms with Crippen molar-refractivity contribution < 1.29 is 5.11 Å². The molecule has 0 fully saturated rings. The molecule has 0 aliphatic rings. The van der Waals surface area contributed by atoms with Crippen molar-refractivity contribution >= 4 is 39.1 Å². The molecule has 19 heavy (non-hydrogen) atoms. The van der Waals surface area contributed by atoms with Crippen LogP contribution in [0.15, 0.2) is 40.6 Å². The average Bonchev–Trinajstić information content (AvgIpc) is 2.85. The van der Waals surface area contributed by atoms with Gasteiger partial charge in [-0.25, -0.2) is 9.97 Å². The Morgan fingerprint density at radius 1 is 1.26 bits per heavy atom. The number of phenolic OH excluding ortho intramolecular Hbond substituents is 1. The number of aromatic nitrogens is 2. The summed E-state index contributed by atoms with van der Waals surface area (Å²) < 4.78 is 0. The standard InChI is InChI=1S/C13H11N3OS2/c14-12-10-4-5-18-13(10)16-11(15-12)7-19-9-3-1-2-8(17)6-9/h1-6,17H,7H2,(H2,14,15,16). The molecule has 0 aliphatic heterocycles. The van der Waals surface area contributed by atoms with Crippen LogP contribution < -0.4 is 5.73 Å². The Morgan fingerprint density at radius 2 is 2.16 bits per heavy atom. The number of thiophene rings is 1. The molecule has 2 heterocycles. The maximum absolute atomic E-state index is 9.41. The lowest BCUT2D eigenvalue weighted by molar-refractivity contribution is 0.474. The molecule has 4 nitrogen and oxygen atoms in total. The second-order valence-electron chi connectivity index (χ2n) is 3.95. The minimum atomic E-state index is 0.263. The van der Waals surface area contributed by atoms with E-state index < -0.39 is 0 Å². The summed E-state index contributed by atoms with van der Waals surface area (Å²) in [5.74, 6) is 2.12. The predicted octanol–water partition coefficient (Wildman–Crippen LogP) is 3.27. The molecule has 0 spiro atoms. The normalized spacial score (nSPS) is 10.9. The number of benzene rings is 1. The van der Waals surface area contributed by atoms with Crippen molar-refractivity contribution in [2.24, 2.45) is 0 Å². The highest BCUT2D eigenvalue weighted by molar-refractivity contribution is 7.98. The highest BCUT2D eigenvalue weighted by Gasteiger charge is 2.07. The lowest BCUT2D eigenvalue weighted by Crippen LogP contribution is -1.98. The third kappa shape index (κ3) is 2.64. The molecule has 0 saturated heterocycles. The largest absolute Gasteiger partial charge is 0.508 e. The van der Waals surface area contributed by atoms with E-state index in [0.29, 0.717) is 17.4 Å². The highest BCUT2D eigenvalue weighted by atomic mass is 32.2. The van der Waals surface area contributed by atoms with E-state index in [9.17, 15) is 5.11 Å². The molecule has 0 bridgehead atoms. The fourth-order valence-corrected chi connectivity index (χ4v) is 3.30. The van der Waals surface area contributed by atoms with Crippen LogP contribution in [-0.4, -0.2) is 15.1 Å². The maximum atomic E-state index is 9.41. The van der Waals surface area contributed by atoms with Crippen LogP contribution in [0.3, 0.4) is 0 Å². The molecule has 0 atom stereocenters. The summed E-state index contributed by atoms with van der Waals surface area (Å²) >= 11 is 3.13. The van der Waals surface area contributed by atoms with Crippen LogP contribution in [0.5, 0.6) is 5.75 Å². The van der Waals surface area contributed by atoms with Gasteiger partial charge in [0.25, 0.3) is 0 Å². The van der Waals surface area contributed by atoms with Crippen molar-refractivity contribution in [1.82, 2.24) is 9.97 Å². The van der Waals surface area contributed by atoms with Crippen molar-refractivity contribution in [3.05, 3.63) is 41.5 Å². The first-order valence-corrected chi connectivity index (χ1v) is 7.50. The predicted molar refractivity (Wildman–Crippen MR) is 79.5 cm³/mol. The van der Waals surface area contributed by atoms with Gasteiger partial charge in [0, 0.05) is 4.90 Å². The van der Waals surface area contributed by atoms with Gasteiger partial charge < -0.3 is 10.8 Å². The zero-order valence-corrected chi connectivity index (χ0v) is 11.5. The maximum Gasteiger partial charge on any atom is 0.142 e. The second kappa shape index (κ2) is 5.07. The molecule has 1 aromatic carbocycles. The van der Waals surface area contributed by atoms with Gasteiger partial charge >= 0.3 is 0 Å². The van der Waals surface area contributed by atoms with Crippen molar-refractivity contribution in [1.29, 1.82) is 0 Å². The summed E-state index contributed by atoms with van der Waals surface area (Å²) in [5, 5.41) is 12.3. The Balaban J connectivity index is 1.81. The number of hydrogen-bond acceptors (Lipinski definition) is 6. The zero-order valence-electron chi connectivity index (χ0n) is 9.91. The zero-order chi connectivity index (χ0) is 13.2. The van der Waals surface area contributed by atoms with E-state index in [-0.39, 0.29) is 5.75 Å². The molecular weight excluding hydrogens is 278 g/mol. The monoisotopic (exact) mass is 289 g/mol. The lowest BCUT2D eigenvalue weighted by Gasteiger charge is -2.03. The van der Waals surface area contributed by atoms with Crippen LogP contribution in [-0.2, 0) is 5.75 Å². The van der Waals surface area contributed by atoms with Gasteiger partial charge in [0.15, 0.2) is 0 Å². The Hall–Kier alpha value is -1.79. The fourth-order valence-electron chi connectivity index (χ4n) is 1.71. The van der Waals surface area contributed by atoms with Crippen molar-refractivity contribution in [2.75, 3.05) is 5.73 Å². The van der Waals surface area contributed by atoms with E-state index >= 15 is 0 Å². The Morgan fingerprint density at radius 3 is 3.00 bits per heavy atom. The molecule has 2 aromatic heterocycles. The molecular formula is C13H11N3OS2. The Labute approximate surface area is 118 Å². The van der Waals surface area contributed by atoms with Gasteiger partial charge in [-0.1, -0.05) is 6.07 Å². The minimum absolute atomic E-state index is 0.263. The Bertz CT molecular complexity index is 727. The first-order valence-electron chi connectivity index (χ1n) is 5.64. The molecule has 96 valence electrons. The van der Waals surface area contributed by atoms with Crippen LogP contribution in [0.4, 0.5) is 5.82 Å². The molecule has 0 saturated carbocycles. The fraction of sp³-hybridized carbons (Fsp3) is 0.0769. The number of nitrogens with two attached hydrogens (primary N) is 1. The van der Waals surface area contributed by atoms with Gasteiger partial charge in [0.2, 0.25) is 0 Å². The van der Waals surface area contributed by atoms with Gasteiger partial charge in [-0.2, -0.15) is 0 Å². The van der Waals surface area contributed by atoms with Crippen LogP contribution in [0.25, 0.3) is 10.2 Å². The molecule has 0 unspecified atom stereocenters. The molecule has 3 aromatic rings. The molecule has 3 N–H and O–H groups in total. The number of nitrogens with zero attached hydrogens (tertiary/aromatic N) is 2. The minimum Gasteiger partial charge on any atom is -0.508 e. The smallest absolute Gasteiger partial charge is 0.142 e. The van der Waals surface area contributed by atoms with E-state index in [4.69, 9.17) is 5.73 Å². The third-order valence-electron chi connectivity index (χ3n) is 2.59. The highest BCUT2D eigenvalue weighted by Crippen LogP contribution is 2.27. The summed E-state index contributed by atoms with van der Waals surface area (Å²) in [4.78, 5) is 10.7. The first-order chi connectivity index (χ1) is 9.22. The van der Waals surface area contributed by atoms with E-state index in [1.807, 2.05) is 23.6 Å². The van der Waals surface area contributed by atoms with E-state index in [1.165, 1.54) is 0 Å². The summed E-state index contributed by atoms with van der Waals surface area (Å²) in [6, 6.07) is 9.06. The number of aromatic hydroxyl groups is 1. The summed E-state index contributed by atoms with van der Waals surface area (Å²) in [5.41, 5.74) is 5.90. The van der Waals surface area contributed by atoms with E-state index in [1.54, 1.807) is 35.2 Å². The number of fused-ring (bicyclic) bond motifs is 1. The molecule has 6 heteroatoms. The van der Waals surface area contributed by atoms with Gasteiger partial charge in [-0.15, -0.1) is 23.1 Å². The number of hydrogen-bond donors (Lipinski definition) is 2. The molecule has 3 rings (SSSR count). The molecule has 0 aliphatic carbocycles. The number of phenols is 1. The van der Waals surface area contributed by atoms with Crippen molar-refractivity contribution in [2.45, 2.75) is 10.6 Å². The van der Waals surface area contributed by atoms with Gasteiger partial charge in [-0.05, 0) is 29.6 Å². The lowest BCUT2D eigenvalue weighted by atomic mass is 10.3. The van der Waals surface area contributed by atoms with Crippen LogP contribution in [0.2, 0.25) is 0 Å². The summed E-state index contributed by atoms with van der Waals surface area (Å²) in [6.45, 7) is 0. The quantitative estimate of drug-likeness (QED) is 0.724. The van der Waals surface area contributed by atoms with E-state index in [2.05, 4.69) is 9.97 Å². The number of thioether (sulfide) groups is 1. The van der Waals surface area contributed by atoms with Crippen LogP contribution in [0, 0.1) is 0 Å². The van der Waals surface area contributed by atoms with Gasteiger partial charge in [0.1, 0.15) is 22.2 Å². The molecule has 0 radical (unpaired) electrons. The third-order valence-corrected chi connectivity index (χ3v) is 4.38. The summed E-state index contributed by atoms with van der Waals surface area (Å²) in [7, 11) is 0. The summed E-state index contributed by atoms with van der Waals surface area (Å²) in [6.07, 6.45) is 0. The second-order valence-corrected chi connectivity index (χ2v) is 5.89. The number of nitrogen functional groups attached to an aromatic ring is 1. The molecule has 0 amide bonds. The SMILES string of the molecule is Nc1nc(CSc2cccc(O)c2)nc2sccc12. The van der Waals surface area contributed by atoms with Crippen molar-refractivity contribution in [3.63, 3.8) is 0 Å². The average molecular weight is 289 g/mol. The first kappa shape index (κ1) is 12.3. The topological polar surface area (TPSA) is 72.0 Å². The van der Waals surface area contributed by atoms with Crippen LogP contribution in [0.1, 0.15) is 5.82 Å². The Kier molecular flexibility index (Phi) is 3.27. The van der Waals surface area contributed by atoms with Gasteiger partial charge in [-0.3, -0.25) is 0 Å². The van der Waals surface area contributed by atoms with E-state index in [0.717, 1.165) is 15.1 Å². The van der Waals surface area contributed by atoms with Crippen molar-refractivity contribution in [3.8, 4) is 5.75 Å². The van der Waals surface area contributed by atoms with Crippen LogP contribution >= 0.6 is 23.1 Å². The number of anilines is 1. The number of rotatable bonds is 3. The van der Waals surface area contributed by atoms with Gasteiger partial charge in [0.05, 0.1) is 11.1 Å².